The van der Waals surface area contributed by atoms with Crippen LogP contribution in [0.1, 0.15) is 38.2 Å². The number of ether oxygens (including phenoxy) is 2. The third-order valence-electron chi connectivity index (χ3n) is 9.90. The van der Waals surface area contributed by atoms with Gasteiger partial charge in [-0.25, -0.2) is 9.37 Å². The summed E-state index contributed by atoms with van der Waals surface area (Å²) in [5.74, 6) is 4.15. The van der Waals surface area contributed by atoms with E-state index < -0.39 is 6.17 Å². The van der Waals surface area contributed by atoms with E-state index in [4.69, 9.17) is 30.8 Å². The van der Waals surface area contributed by atoms with E-state index in [0.29, 0.717) is 43.6 Å². The molecule has 0 spiro atoms. The number of hydrogen-bond donors (Lipinski definition) is 1. The van der Waals surface area contributed by atoms with Gasteiger partial charge in [0.15, 0.2) is 0 Å². The Bertz CT molecular complexity index is 1770. The van der Waals surface area contributed by atoms with Crippen molar-refractivity contribution in [2.45, 2.75) is 56.4 Å². The quantitative estimate of drug-likeness (QED) is 0.341. The predicted molar refractivity (Wildman–Crippen MR) is 165 cm³/mol. The van der Waals surface area contributed by atoms with Crippen LogP contribution in [0.4, 0.5) is 10.2 Å². The van der Waals surface area contributed by atoms with Gasteiger partial charge in [-0.1, -0.05) is 43.2 Å². The largest absolute Gasteiger partial charge is 0.475 e. The van der Waals surface area contributed by atoms with Crippen LogP contribution in [-0.4, -0.2) is 83.0 Å². The van der Waals surface area contributed by atoms with Crippen LogP contribution in [0, 0.1) is 12.3 Å². The van der Waals surface area contributed by atoms with Gasteiger partial charge in [-0.05, 0) is 43.3 Å². The van der Waals surface area contributed by atoms with Gasteiger partial charge in [0, 0.05) is 48.6 Å². The van der Waals surface area contributed by atoms with Crippen molar-refractivity contribution < 1.29 is 13.9 Å². The lowest BCUT2D eigenvalue weighted by Crippen LogP contribution is -2.60. The van der Waals surface area contributed by atoms with Crippen LogP contribution in [0.5, 0.6) is 11.9 Å². The maximum atomic E-state index is 14.5. The Morgan fingerprint density at radius 1 is 1.16 bits per heavy atom. The molecular weight excluding hydrogens is 543 g/mol. The summed E-state index contributed by atoms with van der Waals surface area (Å²) in [7, 11) is 0. The predicted octanol–water partition coefficient (Wildman–Crippen LogP) is 4.73. The highest BCUT2D eigenvalue weighted by molar-refractivity contribution is 6.03. The fourth-order valence-electron chi connectivity index (χ4n) is 7.86. The van der Waals surface area contributed by atoms with E-state index in [1.165, 1.54) is 0 Å². The molecule has 2 aromatic heterocycles. The first-order valence-corrected chi connectivity index (χ1v) is 15.4. The number of rotatable bonds is 5. The van der Waals surface area contributed by atoms with Crippen molar-refractivity contribution in [3.05, 3.63) is 48.0 Å². The van der Waals surface area contributed by atoms with E-state index >= 15 is 0 Å². The molecule has 4 aliphatic heterocycles. The molecule has 4 aromatic rings. The number of fused-ring (bicyclic) bond motifs is 4. The maximum absolute atomic E-state index is 14.5. The highest BCUT2D eigenvalue weighted by Crippen LogP contribution is 2.43. The minimum atomic E-state index is -0.819. The zero-order valence-corrected chi connectivity index (χ0v) is 24.4. The van der Waals surface area contributed by atoms with E-state index in [1.807, 2.05) is 30.3 Å². The number of pyridine rings is 1. The zero-order chi connectivity index (χ0) is 29.1. The molecule has 1 N–H and O–H groups in total. The fourth-order valence-corrected chi connectivity index (χ4v) is 7.86. The summed E-state index contributed by atoms with van der Waals surface area (Å²) in [5, 5.41) is 6.46. The Hall–Kier alpha value is -4.00. The molecule has 3 fully saturated rings. The van der Waals surface area contributed by atoms with Crippen LogP contribution in [0.2, 0.25) is 0 Å². The zero-order valence-electron chi connectivity index (χ0n) is 24.4. The normalized spacial score (nSPS) is 26.5. The van der Waals surface area contributed by atoms with Crippen LogP contribution < -0.4 is 19.7 Å². The van der Waals surface area contributed by atoms with Gasteiger partial charge in [0.1, 0.15) is 30.6 Å². The molecular formula is C34H35FN6O2. The summed E-state index contributed by atoms with van der Waals surface area (Å²) in [6.45, 7) is 6.06. The highest BCUT2D eigenvalue weighted by Gasteiger charge is 2.49. The number of alkyl halides is 1. The molecule has 2 aromatic carbocycles. The second kappa shape index (κ2) is 10.3. The molecule has 0 bridgehead atoms. The van der Waals surface area contributed by atoms with Crippen molar-refractivity contribution >= 4 is 27.5 Å². The molecule has 43 heavy (non-hydrogen) atoms. The molecule has 0 saturated carbocycles. The van der Waals surface area contributed by atoms with E-state index in [9.17, 15) is 4.39 Å². The van der Waals surface area contributed by atoms with Gasteiger partial charge < -0.3 is 19.7 Å². The second-order valence-corrected chi connectivity index (χ2v) is 12.3. The van der Waals surface area contributed by atoms with Crippen molar-refractivity contribution in [2.75, 3.05) is 44.3 Å². The highest BCUT2D eigenvalue weighted by atomic mass is 19.1. The van der Waals surface area contributed by atoms with Gasteiger partial charge in [0.05, 0.1) is 22.8 Å². The summed E-state index contributed by atoms with van der Waals surface area (Å²) in [6, 6.07) is 14.8. The molecule has 9 heteroatoms. The number of nitrogens with one attached hydrogen (secondary N) is 1. The smallest absolute Gasteiger partial charge is 0.319 e. The standard InChI is InChI=1S/C34H35FN6O2/c1-3-21-8-5-9-22-10-6-11-24(29(21)22)26-16-27-30-31(41-15-13-36-25(4-2)28(41)19-42-32(30)37-26)39-33(38-27)43-20-34-12-7-14-40(34)18-23(35)17-34/h1,5-6,8-11,16,23,25,28,36H,4,7,12-15,17-20H2,2H3/t23-,25+,28-,34+/m1/s1. The van der Waals surface area contributed by atoms with Crippen LogP contribution in [-0.2, 0) is 0 Å². The topological polar surface area (TPSA) is 75.6 Å². The summed E-state index contributed by atoms with van der Waals surface area (Å²) in [4.78, 5) is 19.6. The number of anilines is 1. The molecule has 3 saturated heterocycles. The summed E-state index contributed by atoms with van der Waals surface area (Å²) < 4.78 is 27.4. The average molecular weight is 579 g/mol. The monoisotopic (exact) mass is 578 g/mol. The van der Waals surface area contributed by atoms with E-state index in [-0.39, 0.29) is 17.6 Å². The van der Waals surface area contributed by atoms with Gasteiger partial charge in [-0.15, -0.1) is 6.42 Å². The van der Waals surface area contributed by atoms with Crippen LogP contribution in [0.25, 0.3) is 32.9 Å². The molecule has 6 heterocycles. The lowest BCUT2D eigenvalue weighted by atomic mass is 9.95. The third-order valence-corrected chi connectivity index (χ3v) is 9.90. The van der Waals surface area contributed by atoms with Crippen LogP contribution in [0.3, 0.4) is 0 Å². The lowest BCUT2D eigenvalue weighted by Gasteiger charge is -2.41. The maximum Gasteiger partial charge on any atom is 0.319 e. The Morgan fingerprint density at radius 3 is 2.91 bits per heavy atom. The molecule has 4 atom stereocenters. The van der Waals surface area contributed by atoms with E-state index in [1.54, 1.807) is 0 Å². The molecule has 8 rings (SSSR count). The summed E-state index contributed by atoms with van der Waals surface area (Å²) in [5.41, 5.74) is 2.88. The number of nitrogens with zero attached hydrogens (tertiary/aromatic N) is 5. The van der Waals surface area contributed by atoms with Gasteiger partial charge >= 0.3 is 6.01 Å². The van der Waals surface area contributed by atoms with Crippen LogP contribution >= 0.6 is 0 Å². The Morgan fingerprint density at radius 2 is 2.05 bits per heavy atom. The van der Waals surface area contributed by atoms with Crippen LogP contribution in [0.15, 0.2) is 42.5 Å². The van der Waals surface area contributed by atoms with Crippen molar-refractivity contribution in [3.63, 3.8) is 0 Å². The van der Waals surface area contributed by atoms with Crippen molar-refractivity contribution in [1.82, 2.24) is 25.2 Å². The number of hydrogen-bond acceptors (Lipinski definition) is 8. The Labute approximate surface area is 250 Å². The van der Waals surface area contributed by atoms with Gasteiger partial charge in [0.25, 0.3) is 0 Å². The molecule has 220 valence electrons. The third kappa shape index (κ3) is 4.30. The minimum absolute atomic E-state index is 0.0824. The number of piperazine rings is 1. The average Bonchev–Trinajstić information content (AvgIpc) is 3.51. The van der Waals surface area contributed by atoms with Gasteiger partial charge in [-0.3, -0.25) is 4.90 Å². The molecule has 0 aliphatic carbocycles. The Balaban J connectivity index is 1.28. The first-order chi connectivity index (χ1) is 21.1. The van der Waals surface area contributed by atoms with Gasteiger partial charge in [0.2, 0.25) is 5.88 Å². The lowest BCUT2D eigenvalue weighted by molar-refractivity contribution is 0.107. The molecule has 0 unspecified atom stereocenters. The molecule has 8 nitrogen and oxygen atoms in total. The summed E-state index contributed by atoms with van der Waals surface area (Å²) >= 11 is 0. The molecule has 0 amide bonds. The van der Waals surface area contributed by atoms with Crippen molar-refractivity contribution in [2.24, 2.45) is 0 Å². The number of halogens is 1. The number of aromatic nitrogens is 3. The van der Waals surface area contributed by atoms with Crippen molar-refractivity contribution in [3.8, 4) is 35.5 Å². The van der Waals surface area contributed by atoms with E-state index in [0.717, 1.165) is 77.7 Å². The van der Waals surface area contributed by atoms with Crippen molar-refractivity contribution in [1.29, 1.82) is 0 Å². The second-order valence-electron chi connectivity index (χ2n) is 12.3. The Kier molecular flexibility index (Phi) is 6.39. The first kappa shape index (κ1) is 26.6. The number of terminal acetylenes is 1. The van der Waals surface area contributed by atoms with E-state index in [2.05, 4.69) is 40.1 Å². The minimum Gasteiger partial charge on any atom is -0.475 e. The molecule has 4 aliphatic rings. The summed E-state index contributed by atoms with van der Waals surface area (Å²) in [6.07, 6.45) is 8.56. The number of benzene rings is 2. The van der Waals surface area contributed by atoms with Gasteiger partial charge in [-0.2, -0.15) is 9.97 Å². The SMILES string of the molecule is C#Cc1cccc2cccc(-c3cc4nc(OC[C@@]56CCCN5C[C@H](F)C6)nc5c4c(n3)OC[C@@H]3[C@H](CC)NCCN53)c12. The first-order valence-electron chi connectivity index (χ1n) is 15.4. The molecule has 0 radical (unpaired) electrons. The fraction of sp³-hybridized carbons (Fsp3) is 0.441.